The monoisotopic (exact) mass is 162 g/mol. The third-order valence-corrected chi connectivity index (χ3v) is 1.76. The first-order valence-electron chi connectivity index (χ1n) is 4.06. The summed E-state index contributed by atoms with van der Waals surface area (Å²) in [5.74, 6) is 0.641. The lowest BCUT2D eigenvalue weighted by Crippen LogP contribution is -1.97. The summed E-state index contributed by atoms with van der Waals surface area (Å²) in [5.41, 5.74) is 7.96. The van der Waals surface area contributed by atoms with Crippen molar-refractivity contribution in [2.45, 2.75) is 19.8 Å². The van der Waals surface area contributed by atoms with Crippen LogP contribution >= 0.6 is 0 Å². The molecule has 0 aliphatic rings. The molecule has 0 atom stereocenters. The highest BCUT2D eigenvalue weighted by atomic mass is 14.8. The molecule has 0 saturated carbocycles. The lowest BCUT2D eigenvalue weighted by molar-refractivity contribution is 0.990. The summed E-state index contributed by atoms with van der Waals surface area (Å²) in [5, 5.41) is 0. The Morgan fingerprint density at radius 3 is 3.08 bits per heavy atom. The van der Waals surface area contributed by atoms with E-state index in [9.17, 15) is 0 Å². The highest BCUT2D eigenvalue weighted by molar-refractivity contribution is 5.40. The topological polar surface area (TPSA) is 38.9 Å². The van der Waals surface area contributed by atoms with E-state index in [0.717, 1.165) is 24.0 Å². The summed E-state index contributed by atoms with van der Waals surface area (Å²) >= 11 is 0. The van der Waals surface area contributed by atoms with Crippen molar-refractivity contribution in [1.82, 2.24) is 4.98 Å². The molecule has 0 bridgehead atoms. The molecule has 0 aliphatic carbocycles. The molecule has 64 valence electrons. The van der Waals surface area contributed by atoms with Crippen LogP contribution < -0.4 is 5.73 Å². The van der Waals surface area contributed by atoms with Crippen molar-refractivity contribution in [3.8, 4) is 0 Å². The molecule has 1 aromatic heterocycles. The van der Waals surface area contributed by atoms with E-state index in [1.807, 2.05) is 13.0 Å². The fourth-order valence-electron chi connectivity index (χ4n) is 1.10. The minimum atomic E-state index is 0.641. The molecule has 0 fully saturated rings. The molecule has 0 saturated heterocycles. The molecule has 2 N–H and O–H groups in total. The predicted octanol–water partition coefficient (Wildman–Crippen LogP) is 2.09. The molecule has 2 heteroatoms. The standard InChI is InChI=1S/C10H14N2/c1-3-4-5-9-6-8(2)7-12-10(9)11/h3,6-7H,1,4-5H2,2H3,(H2,11,12). The van der Waals surface area contributed by atoms with Gasteiger partial charge >= 0.3 is 0 Å². The van der Waals surface area contributed by atoms with Crippen molar-refractivity contribution in [1.29, 1.82) is 0 Å². The van der Waals surface area contributed by atoms with Crippen LogP contribution in [0.15, 0.2) is 24.9 Å². The van der Waals surface area contributed by atoms with Gasteiger partial charge in [-0.15, -0.1) is 6.58 Å². The van der Waals surface area contributed by atoms with Gasteiger partial charge in [0.1, 0.15) is 5.82 Å². The van der Waals surface area contributed by atoms with E-state index in [0.29, 0.717) is 5.82 Å². The van der Waals surface area contributed by atoms with Gasteiger partial charge in [0.15, 0.2) is 0 Å². The van der Waals surface area contributed by atoms with Crippen molar-refractivity contribution in [3.05, 3.63) is 36.0 Å². The Kier molecular flexibility index (Phi) is 2.86. The third kappa shape index (κ3) is 2.09. The molecule has 1 rings (SSSR count). The molecule has 0 aromatic carbocycles. The normalized spacial score (nSPS) is 9.75. The fourth-order valence-corrected chi connectivity index (χ4v) is 1.10. The van der Waals surface area contributed by atoms with Crippen molar-refractivity contribution < 1.29 is 0 Å². The summed E-state index contributed by atoms with van der Waals surface area (Å²) in [7, 11) is 0. The fraction of sp³-hybridized carbons (Fsp3) is 0.300. The van der Waals surface area contributed by atoms with Gasteiger partial charge in [0.05, 0.1) is 0 Å². The molecule has 12 heavy (non-hydrogen) atoms. The van der Waals surface area contributed by atoms with Crippen LogP contribution in [-0.2, 0) is 6.42 Å². The lowest BCUT2D eigenvalue weighted by Gasteiger charge is -2.03. The maximum Gasteiger partial charge on any atom is 0.126 e. The molecule has 1 heterocycles. The zero-order valence-electron chi connectivity index (χ0n) is 7.38. The van der Waals surface area contributed by atoms with E-state index in [1.165, 1.54) is 0 Å². The van der Waals surface area contributed by atoms with Crippen LogP contribution in [0.1, 0.15) is 17.5 Å². The molecule has 2 nitrogen and oxygen atoms in total. The summed E-state index contributed by atoms with van der Waals surface area (Å²) in [6, 6.07) is 2.08. The molecular formula is C10H14N2. The van der Waals surface area contributed by atoms with Crippen LogP contribution in [0.4, 0.5) is 5.82 Å². The van der Waals surface area contributed by atoms with Crippen LogP contribution in [0.5, 0.6) is 0 Å². The Morgan fingerprint density at radius 1 is 1.67 bits per heavy atom. The number of allylic oxidation sites excluding steroid dienone is 1. The van der Waals surface area contributed by atoms with Gasteiger partial charge in [0.2, 0.25) is 0 Å². The number of nitrogens with zero attached hydrogens (tertiary/aromatic N) is 1. The SMILES string of the molecule is C=CCCc1cc(C)cnc1N. The number of hydrogen-bond donors (Lipinski definition) is 1. The Bertz CT molecular complexity index is 279. The van der Waals surface area contributed by atoms with Gasteiger partial charge in [-0.05, 0) is 30.9 Å². The Balaban J connectivity index is 2.82. The van der Waals surface area contributed by atoms with Crippen molar-refractivity contribution in [2.24, 2.45) is 0 Å². The van der Waals surface area contributed by atoms with E-state index in [4.69, 9.17) is 5.73 Å². The highest BCUT2D eigenvalue weighted by Crippen LogP contribution is 2.12. The number of nitrogens with two attached hydrogens (primary N) is 1. The predicted molar refractivity (Wildman–Crippen MR) is 51.9 cm³/mol. The number of aromatic nitrogens is 1. The summed E-state index contributed by atoms with van der Waals surface area (Å²) in [4.78, 5) is 4.08. The van der Waals surface area contributed by atoms with Gasteiger partial charge < -0.3 is 5.73 Å². The van der Waals surface area contributed by atoms with Crippen LogP contribution in [0.2, 0.25) is 0 Å². The number of nitrogen functional groups attached to an aromatic ring is 1. The lowest BCUT2D eigenvalue weighted by atomic mass is 10.1. The van der Waals surface area contributed by atoms with Gasteiger partial charge in [-0.25, -0.2) is 4.98 Å². The first kappa shape index (κ1) is 8.78. The van der Waals surface area contributed by atoms with E-state index >= 15 is 0 Å². The second-order valence-electron chi connectivity index (χ2n) is 2.88. The summed E-state index contributed by atoms with van der Waals surface area (Å²) in [6.45, 7) is 5.68. The maximum absolute atomic E-state index is 5.68. The van der Waals surface area contributed by atoms with Gasteiger partial charge in [-0.3, -0.25) is 0 Å². The Labute approximate surface area is 73.1 Å². The number of aryl methyl sites for hydroxylation is 2. The van der Waals surface area contributed by atoms with E-state index in [-0.39, 0.29) is 0 Å². The van der Waals surface area contributed by atoms with E-state index in [2.05, 4.69) is 17.6 Å². The smallest absolute Gasteiger partial charge is 0.126 e. The van der Waals surface area contributed by atoms with Crippen molar-refractivity contribution in [2.75, 3.05) is 5.73 Å². The quantitative estimate of drug-likeness (QED) is 0.691. The van der Waals surface area contributed by atoms with Crippen LogP contribution in [0, 0.1) is 6.92 Å². The zero-order valence-corrected chi connectivity index (χ0v) is 7.38. The maximum atomic E-state index is 5.68. The first-order chi connectivity index (χ1) is 5.74. The third-order valence-electron chi connectivity index (χ3n) is 1.76. The van der Waals surface area contributed by atoms with E-state index < -0.39 is 0 Å². The van der Waals surface area contributed by atoms with Gasteiger partial charge in [-0.2, -0.15) is 0 Å². The van der Waals surface area contributed by atoms with Crippen molar-refractivity contribution >= 4 is 5.82 Å². The average Bonchev–Trinajstić information content (AvgIpc) is 2.07. The Morgan fingerprint density at radius 2 is 2.42 bits per heavy atom. The van der Waals surface area contributed by atoms with E-state index in [1.54, 1.807) is 6.20 Å². The van der Waals surface area contributed by atoms with Crippen LogP contribution in [0.3, 0.4) is 0 Å². The highest BCUT2D eigenvalue weighted by Gasteiger charge is 1.98. The second kappa shape index (κ2) is 3.90. The molecule has 0 amide bonds. The molecule has 1 aromatic rings. The molecule has 0 spiro atoms. The number of pyridine rings is 1. The average molecular weight is 162 g/mol. The van der Waals surface area contributed by atoms with Gasteiger partial charge in [0.25, 0.3) is 0 Å². The number of hydrogen-bond acceptors (Lipinski definition) is 2. The van der Waals surface area contributed by atoms with Crippen LogP contribution in [-0.4, -0.2) is 4.98 Å². The zero-order chi connectivity index (χ0) is 8.97. The first-order valence-corrected chi connectivity index (χ1v) is 4.06. The largest absolute Gasteiger partial charge is 0.383 e. The van der Waals surface area contributed by atoms with Gasteiger partial charge in [-0.1, -0.05) is 12.1 Å². The Hall–Kier alpha value is -1.31. The van der Waals surface area contributed by atoms with Crippen LogP contribution in [0.25, 0.3) is 0 Å². The summed E-state index contributed by atoms with van der Waals surface area (Å²) < 4.78 is 0. The van der Waals surface area contributed by atoms with Gasteiger partial charge in [0, 0.05) is 6.20 Å². The minimum absolute atomic E-state index is 0.641. The molecular weight excluding hydrogens is 148 g/mol. The molecule has 0 radical (unpaired) electrons. The number of rotatable bonds is 3. The minimum Gasteiger partial charge on any atom is -0.383 e. The molecule has 0 aliphatic heterocycles. The summed E-state index contributed by atoms with van der Waals surface area (Å²) in [6.07, 6.45) is 5.56. The molecule has 0 unspecified atom stereocenters. The number of anilines is 1. The second-order valence-corrected chi connectivity index (χ2v) is 2.88. The van der Waals surface area contributed by atoms with Crippen molar-refractivity contribution in [3.63, 3.8) is 0 Å².